The molecule has 2 aliphatic heterocycles. The van der Waals surface area contributed by atoms with Crippen molar-refractivity contribution < 1.29 is 29.1 Å². The predicted molar refractivity (Wildman–Crippen MR) is 131 cm³/mol. The van der Waals surface area contributed by atoms with Crippen molar-refractivity contribution in [3.05, 3.63) is 83.9 Å². The number of rotatable bonds is 8. The number of imide groups is 1. The highest BCUT2D eigenvalue weighted by Crippen LogP contribution is 2.36. The van der Waals surface area contributed by atoms with E-state index in [0.29, 0.717) is 34.9 Å². The van der Waals surface area contributed by atoms with Crippen LogP contribution in [0.2, 0.25) is 0 Å². The molecule has 2 amide bonds. The van der Waals surface area contributed by atoms with Gasteiger partial charge in [-0.1, -0.05) is 42.5 Å². The Kier molecular flexibility index (Phi) is 6.12. The van der Waals surface area contributed by atoms with Crippen LogP contribution in [0.15, 0.2) is 67.3 Å². The molecular weight excluding hydrogens is 492 g/mol. The highest BCUT2D eigenvalue weighted by atomic mass is 16.7. The lowest BCUT2D eigenvalue weighted by Crippen LogP contribution is -2.36. The molecule has 0 spiro atoms. The summed E-state index contributed by atoms with van der Waals surface area (Å²) in [7, 11) is 0. The van der Waals surface area contributed by atoms with Gasteiger partial charge in [0.05, 0.1) is 29.5 Å². The number of ether oxygens (including phenoxy) is 1. The zero-order valence-corrected chi connectivity index (χ0v) is 19.9. The summed E-state index contributed by atoms with van der Waals surface area (Å²) in [6, 6.07) is 16.2. The van der Waals surface area contributed by atoms with Crippen molar-refractivity contribution >= 4 is 35.1 Å². The van der Waals surface area contributed by atoms with Crippen LogP contribution < -0.4 is 5.32 Å². The fourth-order valence-corrected chi connectivity index (χ4v) is 4.69. The molecule has 12 nitrogen and oxygen atoms in total. The van der Waals surface area contributed by atoms with Gasteiger partial charge in [-0.2, -0.15) is 0 Å². The van der Waals surface area contributed by atoms with Gasteiger partial charge < -0.3 is 20.0 Å². The number of amides is 2. The van der Waals surface area contributed by atoms with Gasteiger partial charge in [0.1, 0.15) is 25.3 Å². The van der Waals surface area contributed by atoms with E-state index < -0.39 is 36.2 Å². The zero-order chi connectivity index (χ0) is 26.2. The Balaban J connectivity index is 1.19. The Bertz CT molecular complexity index is 1490. The second-order valence-corrected chi connectivity index (χ2v) is 8.90. The number of hydrogen-bond acceptors (Lipinski definition) is 10. The topological polar surface area (TPSA) is 149 Å². The SMILES string of the molecule is O=C[C@H]1[C@@H](O)[C@H](n2cnc3c(NCc4ccccc4)ncnc32)O[C@@H]1CON1C(=O)c2ccccc2C1=O. The third-order valence-electron chi connectivity index (χ3n) is 6.65. The van der Waals surface area contributed by atoms with E-state index in [2.05, 4.69) is 20.3 Å². The average molecular weight is 514 g/mol. The number of carbonyl (C=O) groups is 3. The number of hydrogen-bond donors (Lipinski definition) is 2. The highest BCUT2D eigenvalue weighted by molar-refractivity contribution is 6.20. The smallest absolute Gasteiger partial charge is 0.285 e. The van der Waals surface area contributed by atoms with Gasteiger partial charge in [0, 0.05) is 6.54 Å². The molecule has 0 bridgehead atoms. The molecule has 2 N–H and O–H groups in total. The van der Waals surface area contributed by atoms with Crippen molar-refractivity contribution in [2.45, 2.75) is 25.0 Å². The summed E-state index contributed by atoms with van der Waals surface area (Å²) in [5.41, 5.74) is 2.38. The lowest BCUT2D eigenvalue weighted by molar-refractivity contribution is -0.138. The molecule has 2 aromatic heterocycles. The van der Waals surface area contributed by atoms with Crippen LogP contribution in [0.3, 0.4) is 0 Å². The normalized spacial score (nSPS) is 22.7. The summed E-state index contributed by atoms with van der Waals surface area (Å²) in [5.74, 6) is -1.68. The molecule has 0 aliphatic carbocycles. The lowest BCUT2D eigenvalue weighted by Gasteiger charge is -2.19. The average Bonchev–Trinajstić information content (AvgIpc) is 3.59. The van der Waals surface area contributed by atoms with E-state index in [-0.39, 0.29) is 17.7 Å². The monoisotopic (exact) mass is 514 g/mol. The molecule has 38 heavy (non-hydrogen) atoms. The Morgan fingerprint density at radius 1 is 1.00 bits per heavy atom. The third kappa shape index (κ3) is 4.00. The van der Waals surface area contributed by atoms with Crippen molar-refractivity contribution in [3.63, 3.8) is 0 Å². The molecule has 12 heteroatoms. The molecule has 0 saturated carbocycles. The quantitative estimate of drug-likeness (QED) is 0.263. The number of hydroxylamine groups is 2. The number of benzene rings is 2. The van der Waals surface area contributed by atoms with Crippen LogP contribution in [-0.4, -0.2) is 66.6 Å². The number of carbonyl (C=O) groups excluding carboxylic acids is 3. The number of aliphatic hydroxyl groups excluding tert-OH is 1. The van der Waals surface area contributed by atoms with Crippen LogP contribution in [0.25, 0.3) is 11.2 Å². The number of imidazole rings is 1. The summed E-state index contributed by atoms with van der Waals surface area (Å²) in [4.78, 5) is 55.6. The number of anilines is 1. The zero-order valence-electron chi connectivity index (χ0n) is 19.9. The van der Waals surface area contributed by atoms with E-state index in [1.165, 1.54) is 29.4 Å². The van der Waals surface area contributed by atoms with Crippen molar-refractivity contribution in [2.75, 3.05) is 11.9 Å². The Hall–Kier alpha value is -4.52. The van der Waals surface area contributed by atoms with Crippen LogP contribution in [0.4, 0.5) is 5.82 Å². The van der Waals surface area contributed by atoms with Gasteiger partial charge >= 0.3 is 0 Å². The summed E-state index contributed by atoms with van der Waals surface area (Å²) in [6.45, 7) is 0.209. The van der Waals surface area contributed by atoms with E-state index in [0.717, 1.165) is 5.56 Å². The highest BCUT2D eigenvalue weighted by Gasteiger charge is 2.46. The minimum absolute atomic E-state index is 0.232. The fourth-order valence-electron chi connectivity index (χ4n) is 4.69. The first-order valence-electron chi connectivity index (χ1n) is 11.9. The van der Waals surface area contributed by atoms with Crippen molar-refractivity contribution in [1.82, 2.24) is 24.6 Å². The number of nitrogens with zero attached hydrogens (tertiary/aromatic N) is 5. The maximum Gasteiger partial charge on any atom is 0.285 e. The standard InChI is InChI=1S/C26H22N6O6/c33-11-18-19(12-37-32-24(35)16-8-4-5-9-17(16)25(32)36)38-26(21(18)34)31-14-30-20-22(28-13-29-23(20)31)27-10-15-6-2-1-3-7-15/h1-9,11,13-14,18-19,21,26,34H,10,12H2,(H,27,28,29)/t18-,19-,21-,26-/m1/s1. The van der Waals surface area contributed by atoms with E-state index in [1.807, 2.05) is 30.3 Å². The molecule has 4 atom stereocenters. The van der Waals surface area contributed by atoms with Gasteiger partial charge in [0.15, 0.2) is 23.2 Å². The summed E-state index contributed by atoms with van der Waals surface area (Å²) >= 11 is 0. The second kappa shape index (κ2) is 9.74. The second-order valence-electron chi connectivity index (χ2n) is 8.90. The molecular formula is C26H22N6O6. The van der Waals surface area contributed by atoms with Crippen molar-refractivity contribution in [2.24, 2.45) is 5.92 Å². The summed E-state index contributed by atoms with van der Waals surface area (Å²) in [6.07, 6.45) is 0.193. The van der Waals surface area contributed by atoms with Crippen LogP contribution in [0, 0.1) is 5.92 Å². The first-order chi connectivity index (χ1) is 18.6. The van der Waals surface area contributed by atoms with Crippen LogP contribution >= 0.6 is 0 Å². The van der Waals surface area contributed by atoms with E-state index in [1.54, 1.807) is 12.1 Å². The van der Waals surface area contributed by atoms with Gasteiger partial charge in [-0.05, 0) is 17.7 Å². The molecule has 6 rings (SSSR count). The molecule has 4 aromatic rings. The minimum atomic E-state index is -1.25. The Labute approximate surface area is 215 Å². The molecule has 1 fully saturated rings. The molecule has 0 radical (unpaired) electrons. The fraction of sp³-hybridized carbons (Fsp3) is 0.231. The van der Waals surface area contributed by atoms with Gasteiger partial charge in [0.2, 0.25) is 0 Å². The van der Waals surface area contributed by atoms with Gasteiger partial charge in [-0.25, -0.2) is 15.0 Å². The summed E-state index contributed by atoms with van der Waals surface area (Å²) < 4.78 is 7.51. The Morgan fingerprint density at radius 3 is 2.42 bits per heavy atom. The third-order valence-corrected chi connectivity index (χ3v) is 6.65. The molecule has 0 unspecified atom stereocenters. The van der Waals surface area contributed by atoms with Gasteiger partial charge in [-0.3, -0.25) is 19.0 Å². The molecule has 1 saturated heterocycles. The first kappa shape index (κ1) is 23.9. The van der Waals surface area contributed by atoms with E-state index >= 15 is 0 Å². The number of nitrogens with one attached hydrogen (secondary N) is 1. The number of fused-ring (bicyclic) bond motifs is 2. The number of aliphatic hydroxyl groups is 1. The Morgan fingerprint density at radius 2 is 1.71 bits per heavy atom. The maximum atomic E-state index is 12.6. The largest absolute Gasteiger partial charge is 0.388 e. The maximum absolute atomic E-state index is 12.6. The van der Waals surface area contributed by atoms with Crippen LogP contribution in [0.5, 0.6) is 0 Å². The lowest BCUT2D eigenvalue weighted by atomic mass is 10.0. The van der Waals surface area contributed by atoms with Gasteiger partial charge in [0.25, 0.3) is 11.8 Å². The number of aromatic nitrogens is 4. The molecule has 192 valence electrons. The van der Waals surface area contributed by atoms with Crippen molar-refractivity contribution in [3.8, 4) is 0 Å². The number of aldehydes is 1. The van der Waals surface area contributed by atoms with Gasteiger partial charge in [-0.15, -0.1) is 5.06 Å². The van der Waals surface area contributed by atoms with Crippen LogP contribution in [0.1, 0.15) is 32.5 Å². The predicted octanol–water partition coefficient (Wildman–Crippen LogP) is 1.74. The van der Waals surface area contributed by atoms with Crippen LogP contribution in [-0.2, 0) is 20.9 Å². The summed E-state index contributed by atoms with van der Waals surface area (Å²) in [5, 5.41) is 14.8. The van der Waals surface area contributed by atoms with E-state index in [9.17, 15) is 19.5 Å². The van der Waals surface area contributed by atoms with E-state index in [4.69, 9.17) is 9.57 Å². The minimum Gasteiger partial charge on any atom is -0.388 e. The molecule has 2 aliphatic rings. The molecule has 2 aromatic carbocycles. The first-order valence-corrected chi connectivity index (χ1v) is 11.9. The van der Waals surface area contributed by atoms with Crippen molar-refractivity contribution in [1.29, 1.82) is 0 Å². The molecule has 4 heterocycles.